The van der Waals surface area contributed by atoms with E-state index in [0.29, 0.717) is 5.56 Å². The average Bonchev–Trinajstić information content (AvgIpc) is 2.88. The Morgan fingerprint density at radius 1 is 0.956 bits per heavy atom. The third-order valence-corrected chi connectivity index (χ3v) is 7.73. The summed E-state index contributed by atoms with van der Waals surface area (Å²) in [4.78, 5) is 29.3. The molecule has 0 fully saturated rings. The van der Waals surface area contributed by atoms with Gasteiger partial charge in [-0.2, -0.15) is 26.3 Å². The monoisotopic (exact) mass is 666 g/mol. The molecule has 0 unspecified atom stereocenters. The predicted octanol–water partition coefficient (Wildman–Crippen LogP) is 5.44. The van der Waals surface area contributed by atoms with Gasteiger partial charge in [0.15, 0.2) is 15.6 Å². The van der Waals surface area contributed by atoms with E-state index in [0.717, 1.165) is 32.2 Å². The molecular weight excluding hydrogens is 630 g/mol. The molecule has 8 nitrogen and oxygen atoms in total. The van der Waals surface area contributed by atoms with E-state index in [1.807, 2.05) is 0 Å². The molecule has 0 radical (unpaired) electrons. The van der Waals surface area contributed by atoms with Crippen molar-refractivity contribution in [3.05, 3.63) is 65.0 Å². The summed E-state index contributed by atoms with van der Waals surface area (Å²) >= 11 is 0. The summed E-state index contributed by atoms with van der Waals surface area (Å²) in [6.07, 6.45) is -9.49. The van der Waals surface area contributed by atoms with Crippen LogP contribution in [0.3, 0.4) is 0 Å². The maximum absolute atomic E-state index is 14.9. The van der Waals surface area contributed by atoms with E-state index in [2.05, 4.69) is 10.3 Å². The summed E-state index contributed by atoms with van der Waals surface area (Å²) in [5.41, 5.74) is -4.41. The molecule has 1 heterocycles. The Bertz CT molecular complexity index is 1480. The number of ether oxygens (including phenoxy) is 1. The van der Waals surface area contributed by atoms with Gasteiger partial charge in [-0.3, -0.25) is 14.6 Å². The number of benzene rings is 1. The predicted molar refractivity (Wildman–Crippen MR) is 155 cm³/mol. The number of carbonyl (C=O) groups excluding carboxylic acids is 2. The van der Waals surface area contributed by atoms with Gasteiger partial charge in [0.05, 0.1) is 23.3 Å². The molecule has 0 saturated carbocycles. The first kappa shape index (κ1) is 37.7. The van der Waals surface area contributed by atoms with Gasteiger partial charge >= 0.3 is 12.4 Å². The summed E-state index contributed by atoms with van der Waals surface area (Å²) in [5.74, 6) is -2.52. The number of halogens is 6. The molecule has 1 atom stereocenters. The van der Waals surface area contributed by atoms with Crippen LogP contribution < -0.4 is 10.1 Å². The highest BCUT2D eigenvalue weighted by molar-refractivity contribution is 7.91. The minimum absolute atomic E-state index is 0.0503. The van der Waals surface area contributed by atoms with Crippen LogP contribution in [0.25, 0.3) is 5.57 Å². The second kappa shape index (κ2) is 14.3. The normalized spacial score (nSPS) is 14.8. The molecule has 1 aromatic heterocycles. The van der Waals surface area contributed by atoms with E-state index in [9.17, 15) is 49.5 Å². The minimum Gasteiger partial charge on any atom is -0.494 e. The lowest BCUT2D eigenvalue weighted by Crippen LogP contribution is -2.40. The molecule has 250 valence electrons. The fourth-order valence-corrected chi connectivity index (χ4v) is 4.89. The minimum atomic E-state index is -4.91. The fourth-order valence-electron chi connectivity index (χ4n) is 4.31. The van der Waals surface area contributed by atoms with Crippen molar-refractivity contribution in [2.24, 2.45) is 0 Å². The lowest BCUT2D eigenvalue weighted by molar-refractivity contribution is -0.184. The number of pyridine rings is 1. The number of nitrogens with zero attached hydrogens (tertiary/aromatic N) is 1. The smallest absolute Gasteiger partial charge is 0.398 e. The topological polar surface area (TPSA) is 123 Å². The number of hydrogen-bond acceptors (Lipinski definition) is 7. The van der Waals surface area contributed by atoms with Crippen LogP contribution in [0.1, 0.15) is 63.8 Å². The van der Waals surface area contributed by atoms with E-state index >= 15 is 0 Å². The van der Waals surface area contributed by atoms with Crippen LogP contribution in [-0.4, -0.2) is 67.7 Å². The number of allylic oxidation sites excluding steroid dienone is 1. The SMILES string of the molecule is CC(=O)/C(CNC(=O)CS(C)(=O)=O)=C(\C[C@](C)(c1ccc(OCCCC(F)(F)F)cc1)C(F)(F)F)c1ccc(C(C)(C)O)cn1. The Kier molecular flexibility index (Phi) is 12.0. The second-order valence-corrected chi connectivity index (χ2v) is 13.6. The third-order valence-electron chi connectivity index (χ3n) is 6.94. The van der Waals surface area contributed by atoms with Gasteiger partial charge in [0.1, 0.15) is 11.5 Å². The van der Waals surface area contributed by atoms with Crippen molar-refractivity contribution in [2.75, 3.05) is 25.2 Å². The number of aromatic nitrogens is 1. The quantitative estimate of drug-likeness (QED) is 0.156. The number of Topliss-reactive ketones (excluding diaryl/α,β-unsaturated/α-hetero) is 1. The van der Waals surface area contributed by atoms with Gasteiger partial charge in [0, 0.05) is 36.6 Å². The van der Waals surface area contributed by atoms with Crippen LogP contribution in [0.5, 0.6) is 5.75 Å². The van der Waals surface area contributed by atoms with Crippen molar-refractivity contribution in [1.29, 1.82) is 0 Å². The van der Waals surface area contributed by atoms with Gasteiger partial charge in [-0.15, -0.1) is 0 Å². The highest BCUT2D eigenvalue weighted by Crippen LogP contribution is 2.47. The lowest BCUT2D eigenvalue weighted by atomic mass is 9.74. The lowest BCUT2D eigenvalue weighted by Gasteiger charge is -2.34. The van der Waals surface area contributed by atoms with Crippen molar-refractivity contribution in [3.8, 4) is 5.75 Å². The van der Waals surface area contributed by atoms with E-state index in [1.54, 1.807) is 0 Å². The number of carbonyl (C=O) groups is 2. The number of amides is 1. The summed E-state index contributed by atoms with van der Waals surface area (Å²) < 4.78 is 110. The Morgan fingerprint density at radius 3 is 1.98 bits per heavy atom. The number of nitrogens with one attached hydrogen (secondary N) is 1. The average molecular weight is 667 g/mol. The first-order chi connectivity index (χ1) is 20.4. The highest BCUT2D eigenvalue weighted by Gasteiger charge is 2.53. The standard InChI is InChI=1S/C30H36F6N2O6S/c1-19(39)24(17-38-26(40)18-45(5,42)43)23(25-12-9-21(16-37-25)27(2,3)41)15-28(4,30(34,35)36)20-7-10-22(11-8-20)44-14-6-13-29(31,32)33/h7-12,16,41H,6,13-15,17-18H2,1-5H3,(H,38,40)/b24-23+/t28-/m1/s1. The molecule has 0 spiro atoms. The van der Waals surface area contributed by atoms with Crippen molar-refractivity contribution in [2.45, 2.75) is 70.3 Å². The number of sulfone groups is 1. The molecule has 0 saturated heterocycles. The van der Waals surface area contributed by atoms with Gasteiger partial charge in [-0.1, -0.05) is 18.2 Å². The molecule has 0 aliphatic heterocycles. The van der Waals surface area contributed by atoms with Crippen LogP contribution >= 0.6 is 0 Å². The number of rotatable bonds is 14. The Hall–Kier alpha value is -3.46. The number of aliphatic hydroxyl groups is 1. The summed E-state index contributed by atoms with van der Waals surface area (Å²) in [7, 11) is -3.74. The Balaban J connectivity index is 2.59. The summed E-state index contributed by atoms with van der Waals surface area (Å²) in [5, 5.41) is 12.6. The maximum Gasteiger partial charge on any atom is 0.398 e. The molecule has 45 heavy (non-hydrogen) atoms. The molecule has 1 aromatic carbocycles. The van der Waals surface area contributed by atoms with Crippen LogP contribution in [0, 0.1) is 0 Å². The first-order valence-corrected chi connectivity index (χ1v) is 15.7. The van der Waals surface area contributed by atoms with Crippen molar-refractivity contribution in [1.82, 2.24) is 10.3 Å². The zero-order valence-corrected chi connectivity index (χ0v) is 26.2. The van der Waals surface area contributed by atoms with E-state index in [1.165, 1.54) is 44.3 Å². The molecule has 2 N–H and O–H groups in total. The van der Waals surface area contributed by atoms with Crippen LogP contribution in [0.15, 0.2) is 48.2 Å². The molecular formula is C30H36F6N2O6S. The van der Waals surface area contributed by atoms with Gasteiger partial charge in [-0.25, -0.2) is 8.42 Å². The zero-order valence-electron chi connectivity index (χ0n) is 25.4. The Labute approximate surface area is 257 Å². The molecule has 15 heteroatoms. The van der Waals surface area contributed by atoms with Crippen LogP contribution in [0.2, 0.25) is 0 Å². The van der Waals surface area contributed by atoms with Crippen molar-refractivity contribution in [3.63, 3.8) is 0 Å². The first-order valence-electron chi connectivity index (χ1n) is 13.7. The molecule has 0 bridgehead atoms. The van der Waals surface area contributed by atoms with Gasteiger partial charge in [0.2, 0.25) is 5.91 Å². The van der Waals surface area contributed by atoms with E-state index in [-0.39, 0.29) is 41.2 Å². The Morgan fingerprint density at radius 2 is 1.53 bits per heavy atom. The second-order valence-electron chi connectivity index (χ2n) is 11.4. The van der Waals surface area contributed by atoms with Gasteiger partial charge in [-0.05, 0) is 69.9 Å². The molecule has 0 aliphatic carbocycles. The largest absolute Gasteiger partial charge is 0.494 e. The van der Waals surface area contributed by atoms with E-state index < -0.39 is 70.0 Å². The number of alkyl halides is 6. The molecule has 0 aliphatic rings. The maximum atomic E-state index is 14.9. The zero-order chi connectivity index (χ0) is 34.4. The van der Waals surface area contributed by atoms with E-state index in [4.69, 9.17) is 4.74 Å². The van der Waals surface area contributed by atoms with Crippen LogP contribution in [-0.2, 0) is 30.4 Å². The molecule has 1 amide bonds. The molecule has 2 rings (SSSR count). The fraction of sp³-hybridized carbons (Fsp3) is 0.500. The van der Waals surface area contributed by atoms with Crippen molar-refractivity contribution < 1.29 is 54.2 Å². The third kappa shape index (κ3) is 11.4. The number of hydrogen-bond donors (Lipinski definition) is 2. The summed E-state index contributed by atoms with van der Waals surface area (Å²) in [6, 6.07) is 7.40. The highest BCUT2D eigenvalue weighted by atomic mass is 32.2. The van der Waals surface area contributed by atoms with Gasteiger partial charge < -0.3 is 15.2 Å². The summed E-state index contributed by atoms with van der Waals surface area (Å²) in [6.45, 7) is 4.04. The van der Waals surface area contributed by atoms with Gasteiger partial charge in [0.25, 0.3) is 0 Å². The molecule has 2 aromatic rings. The number of ketones is 1. The van der Waals surface area contributed by atoms with Crippen LogP contribution in [0.4, 0.5) is 26.3 Å². The van der Waals surface area contributed by atoms with Crippen molar-refractivity contribution >= 4 is 27.1 Å².